The Labute approximate surface area is 87.8 Å². The minimum atomic E-state index is -0.191. The highest BCUT2D eigenvalue weighted by Crippen LogP contribution is 2.21. The van der Waals surface area contributed by atoms with Crippen molar-refractivity contribution in [2.24, 2.45) is 0 Å². The minimum absolute atomic E-state index is 0.191. The summed E-state index contributed by atoms with van der Waals surface area (Å²) in [6.07, 6.45) is 4.41. The van der Waals surface area contributed by atoms with E-state index in [2.05, 4.69) is 20.4 Å². The molecule has 4 heteroatoms. The second kappa shape index (κ2) is 3.24. The van der Waals surface area contributed by atoms with E-state index in [1.54, 1.807) is 6.20 Å². The van der Waals surface area contributed by atoms with E-state index in [0.29, 0.717) is 0 Å². The van der Waals surface area contributed by atoms with Gasteiger partial charge in [-0.15, -0.1) is 0 Å². The van der Waals surface area contributed by atoms with Gasteiger partial charge in [-0.25, -0.2) is 4.98 Å². The Morgan fingerprint density at radius 3 is 3.13 bits per heavy atom. The smallest absolute Gasteiger partial charge is 0.138 e. The number of aliphatic hydroxyl groups excluding tert-OH is 1. The normalized spacial score (nSPS) is 21.4. The fraction of sp³-hybridized carbons (Fsp3) is 0.364. The molecule has 0 spiro atoms. The van der Waals surface area contributed by atoms with E-state index in [0.717, 1.165) is 31.0 Å². The topological polar surface area (TPSA) is 40.8 Å². The van der Waals surface area contributed by atoms with Crippen molar-refractivity contribution in [3.05, 3.63) is 30.6 Å². The molecule has 0 bridgehead atoms. The summed E-state index contributed by atoms with van der Waals surface area (Å²) in [5.41, 5.74) is 0.953. The number of fused-ring (bicyclic) bond motifs is 1. The van der Waals surface area contributed by atoms with Crippen molar-refractivity contribution < 1.29 is 5.11 Å². The monoisotopic (exact) mass is 203 g/mol. The Morgan fingerprint density at radius 1 is 1.40 bits per heavy atom. The largest absolute Gasteiger partial charge is 0.391 e. The van der Waals surface area contributed by atoms with Gasteiger partial charge in [0.2, 0.25) is 0 Å². The van der Waals surface area contributed by atoms with Crippen LogP contribution in [0.15, 0.2) is 30.6 Å². The van der Waals surface area contributed by atoms with Crippen LogP contribution in [0.2, 0.25) is 0 Å². The first-order valence-electron chi connectivity index (χ1n) is 5.20. The highest BCUT2D eigenvalue weighted by atomic mass is 16.3. The van der Waals surface area contributed by atoms with Gasteiger partial charge >= 0.3 is 0 Å². The van der Waals surface area contributed by atoms with Crippen molar-refractivity contribution in [1.82, 2.24) is 9.38 Å². The molecule has 1 aliphatic rings. The molecule has 0 aromatic carbocycles. The van der Waals surface area contributed by atoms with E-state index < -0.39 is 0 Å². The molecular weight excluding hydrogens is 190 g/mol. The van der Waals surface area contributed by atoms with Gasteiger partial charge in [-0.1, -0.05) is 6.07 Å². The van der Waals surface area contributed by atoms with Crippen molar-refractivity contribution >= 4 is 11.5 Å². The molecule has 1 fully saturated rings. The molecule has 2 aromatic heterocycles. The van der Waals surface area contributed by atoms with Crippen LogP contribution in [0.25, 0.3) is 5.65 Å². The van der Waals surface area contributed by atoms with Gasteiger partial charge in [0.05, 0.1) is 6.10 Å². The van der Waals surface area contributed by atoms with Crippen LogP contribution in [0.4, 0.5) is 5.82 Å². The van der Waals surface area contributed by atoms with Gasteiger partial charge in [-0.2, -0.15) is 0 Å². The summed E-state index contributed by atoms with van der Waals surface area (Å²) in [5.74, 6) is 1.11. The van der Waals surface area contributed by atoms with E-state index in [9.17, 15) is 5.11 Å². The SMILES string of the molecule is O[C@H]1CCN(c2cccc3nccn23)C1. The summed E-state index contributed by atoms with van der Waals surface area (Å²) >= 11 is 0. The second-order valence-corrected chi connectivity index (χ2v) is 3.93. The van der Waals surface area contributed by atoms with Gasteiger partial charge in [0, 0.05) is 25.5 Å². The number of rotatable bonds is 1. The molecule has 0 radical (unpaired) electrons. The molecule has 15 heavy (non-hydrogen) atoms. The summed E-state index contributed by atoms with van der Waals surface area (Å²) in [6, 6.07) is 6.05. The Morgan fingerprint density at radius 2 is 2.33 bits per heavy atom. The van der Waals surface area contributed by atoms with Crippen LogP contribution in [-0.2, 0) is 0 Å². The number of nitrogens with zero attached hydrogens (tertiary/aromatic N) is 3. The third-order valence-electron chi connectivity index (χ3n) is 2.89. The lowest BCUT2D eigenvalue weighted by atomic mass is 10.3. The Hall–Kier alpha value is -1.55. The van der Waals surface area contributed by atoms with Gasteiger partial charge in [-0.3, -0.25) is 4.40 Å². The van der Waals surface area contributed by atoms with E-state index in [4.69, 9.17) is 0 Å². The van der Waals surface area contributed by atoms with Gasteiger partial charge in [0.15, 0.2) is 0 Å². The van der Waals surface area contributed by atoms with Crippen molar-refractivity contribution in [2.45, 2.75) is 12.5 Å². The summed E-state index contributed by atoms with van der Waals surface area (Å²) < 4.78 is 2.05. The van der Waals surface area contributed by atoms with Crippen LogP contribution >= 0.6 is 0 Å². The number of hydrogen-bond acceptors (Lipinski definition) is 3. The van der Waals surface area contributed by atoms with Crippen LogP contribution in [0.3, 0.4) is 0 Å². The third kappa shape index (κ3) is 1.37. The lowest BCUT2D eigenvalue weighted by molar-refractivity contribution is 0.198. The predicted octanol–water partition coefficient (Wildman–Crippen LogP) is 0.905. The first kappa shape index (κ1) is 8.73. The highest BCUT2D eigenvalue weighted by molar-refractivity contribution is 5.52. The molecule has 1 N–H and O–H groups in total. The highest BCUT2D eigenvalue weighted by Gasteiger charge is 2.21. The molecule has 3 rings (SSSR count). The van der Waals surface area contributed by atoms with Crippen molar-refractivity contribution in [3.63, 3.8) is 0 Å². The average Bonchev–Trinajstić information content (AvgIpc) is 2.84. The maximum Gasteiger partial charge on any atom is 0.138 e. The number of anilines is 1. The minimum Gasteiger partial charge on any atom is -0.391 e. The van der Waals surface area contributed by atoms with Crippen molar-refractivity contribution in [3.8, 4) is 0 Å². The molecule has 0 aliphatic carbocycles. The van der Waals surface area contributed by atoms with Crippen LogP contribution in [0, 0.1) is 0 Å². The zero-order valence-corrected chi connectivity index (χ0v) is 8.37. The number of β-amino-alcohol motifs (C(OH)–C–C–N with tert-alkyl or cyclic N) is 1. The molecule has 1 aliphatic heterocycles. The zero-order valence-electron chi connectivity index (χ0n) is 8.37. The number of imidazole rings is 1. The average molecular weight is 203 g/mol. The predicted molar refractivity (Wildman–Crippen MR) is 58.0 cm³/mol. The maximum atomic E-state index is 9.52. The first-order chi connectivity index (χ1) is 7.34. The zero-order chi connectivity index (χ0) is 10.3. The second-order valence-electron chi connectivity index (χ2n) is 3.93. The first-order valence-corrected chi connectivity index (χ1v) is 5.20. The van der Waals surface area contributed by atoms with Gasteiger partial charge in [0.1, 0.15) is 11.5 Å². The summed E-state index contributed by atoms with van der Waals surface area (Å²) in [7, 11) is 0. The van der Waals surface area contributed by atoms with E-state index >= 15 is 0 Å². The number of aromatic nitrogens is 2. The van der Waals surface area contributed by atoms with E-state index in [1.165, 1.54) is 0 Å². The summed E-state index contributed by atoms with van der Waals surface area (Å²) in [6.45, 7) is 1.63. The Kier molecular flexibility index (Phi) is 1.89. The van der Waals surface area contributed by atoms with Crippen molar-refractivity contribution in [1.29, 1.82) is 0 Å². The number of hydrogen-bond donors (Lipinski definition) is 1. The fourth-order valence-electron chi connectivity index (χ4n) is 2.14. The molecule has 78 valence electrons. The van der Waals surface area contributed by atoms with Gasteiger partial charge in [-0.05, 0) is 18.6 Å². The molecule has 1 saturated heterocycles. The molecule has 0 unspecified atom stereocenters. The van der Waals surface area contributed by atoms with Crippen LogP contribution < -0.4 is 4.90 Å². The summed E-state index contributed by atoms with van der Waals surface area (Å²) in [4.78, 5) is 6.44. The quantitative estimate of drug-likeness (QED) is 0.748. The number of aliphatic hydroxyl groups is 1. The van der Waals surface area contributed by atoms with Crippen LogP contribution in [0.5, 0.6) is 0 Å². The molecule has 4 nitrogen and oxygen atoms in total. The Balaban J connectivity index is 2.06. The fourth-order valence-corrected chi connectivity index (χ4v) is 2.14. The molecule has 3 heterocycles. The van der Waals surface area contributed by atoms with E-state index in [-0.39, 0.29) is 6.10 Å². The maximum absolute atomic E-state index is 9.52. The molecule has 0 amide bonds. The van der Waals surface area contributed by atoms with Gasteiger partial charge < -0.3 is 10.0 Å². The molecular formula is C11H13N3O. The Bertz CT molecular complexity index is 479. The standard InChI is InChI=1S/C11H13N3O/c15-9-4-6-13(8-9)11-3-1-2-10-12-5-7-14(10)11/h1-3,5,7,9,15H,4,6,8H2/t9-/m0/s1. The summed E-state index contributed by atoms with van der Waals surface area (Å²) in [5, 5.41) is 9.52. The van der Waals surface area contributed by atoms with Crippen LogP contribution in [-0.4, -0.2) is 33.7 Å². The number of pyridine rings is 1. The molecule has 1 atom stereocenters. The molecule has 0 saturated carbocycles. The van der Waals surface area contributed by atoms with E-state index in [1.807, 2.05) is 18.3 Å². The molecule has 2 aromatic rings. The van der Waals surface area contributed by atoms with Crippen molar-refractivity contribution in [2.75, 3.05) is 18.0 Å². The van der Waals surface area contributed by atoms with Gasteiger partial charge in [0.25, 0.3) is 0 Å². The third-order valence-corrected chi connectivity index (χ3v) is 2.89. The van der Waals surface area contributed by atoms with Crippen LogP contribution in [0.1, 0.15) is 6.42 Å². The lowest BCUT2D eigenvalue weighted by Crippen LogP contribution is -2.23. The lowest BCUT2D eigenvalue weighted by Gasteiger charge is -2.18.